The minimum Gasteiger partial charge on any atom is -0.366 e. The highest BCUT2D eigenvalue weighted by atomic mass is 32.1. The van der Waals surface area contributed by atoms with Crippen molar-refractivity contribution < 1.29 is 8.78 Å². The summed E-state index contributed by atoms with van der Waals surface area (Å²) in [5.41, 5.74) is 4.26. The Morgan fingerprint density at radius 2 is 1.37 bits per heavy atom. The molecule has 1 saturated heterocycles. The summed E-state index contributed by atoms with van der Waals surface area (Å²) in [7, 11) is 0. The standard InChI is InChI=1S/C36H28F2N4S/c37-28-19-17-27(18-20-28)35-39-33(26-10-2-1-3-11-26)36(43-35)40-34(30-14-8-12-25-9-4-5-13-29(25)30)42-23-21-41(22-24-42)32-16-7-6-15-31(32)38/h1-20H,21-24H2. The fourth-order valence-corrected chi connectivity index (χ4v) is 6.54. The second-order valence-corrected chi connectivity index (χ2v) is 11.4. The first-order valence-corrected chi connectivity index (χ1v) is 15.1. The van der Waals surface area contributed by atoms with Gasteiger partial charge in [-0.3, -0.25) is 0 Å². The van der Waals surface area contributed by atoms with Gasteiger partial charge in [0, 0.05) is 42.9 Å². The molecule has 7 rings (SSSR count). The van der Waals surface area contributed by atoms with Gasteiger partial charge in [0.15, 0.2) is 0 Å². The minimum atomic E-state index is -0.283. The van der Waals surface area contributed by atoms with E-state index < -0.39 is 0 Å². The maximum absolute atomic E-state index is 14.6. The van der Waals surface area contributed by atoms with Crippen LogP contribution in [0.2, 0.25) is 0 Å². The lowest BCUT2D eigenvalue weighted by atomic mass is 10.0. The number of halogens is 2. The van der Waals surface area contributed by atoms with Crippen molar-refractivity contribution in [2.24, 2.45) is 4.99 Å². The predicted molar refractivity (Wildman–Crippen MR) is 173 cm³/mol. The Hall–Kier alpha value is -4.88. The second-order valence-electron chi connectivity index (χ2n) is 10.4. The molecule has 0 unspecified atom stereocenters. The van der Waals surface area contributed by atoms with E-state index in [1.54, 1.807) is 18.2 Å². The van der Waals surface area contributed by atoms with E-state index in [1.165, 1.54) is 29.5 Å². The van der Waals surface area contributed by atoms with Gasteiger partial charge in [0.2, 0.25) is 0 Å². The number of anilines is 1. The van der Waals surface area contributed by atoms with Crippen LogP contribution in [0.15, 0.2) is 126 Å². The van der Waals surface area contributed by atoms with Gasteiger partial charge in [-0.25, -0.2) is 18.8 Å². The van der Waals surface area contributed by atoms with Gasteiger partial charge in [0.25, 0.3) is 0 Å². The molecule has 0 aliphatic carbocycles. The smallest absolute Gasteiger partial charge is 0.146 e. The molecule has 1 aromatic heterocycles. The van der Waals surface area contributed by atoms with Gasteiger partial charge in [0.05, 0.1) is 5.69 Å². The third-order valence-electron chi connectivity index (χ3n) is 7.76. The predicted octanol–water partition coefficient (Wildman–Crippen LogP) is 8.81. The molecule has 212 valence electrons. The summed E-state index contributed by atoms with van der Waals surface area (Å²) in [6.45, 7) is 2.70. The molecule has 0 radical (unpaired) electrons. The second kappa shape index (κ2) is 11.8. The van der Waals surface area contributed by atoms with E-state index in [1.807, 2.05) is 54.6 Å². The zero-order valence-corrected chi connectivity index (χ0v) is 24.1. The van der Waals surface area contributed by atoms with Crippen LogP contribution in [0, 0.1) is 11.6 Å². The Morgan fingerprint density at radius 1 is 0.674 bits per heavy atom. The van der Waals surface area contributed by atoms with E-state index in [4.69, 9.17) is 9.98 Å². The molecule has 6 aromatic rings. The van der Waals surface area contributed by atoms with Crippen molar-refractivity contribution in [1.29, 1.82) is 0 Å². The summed E-state index contributed by atoms with van der Waals surface area (Å²) in [6.07, 6.45) is 0. The molecule has 1 aliphatic rings. The molecule has 0 saturated carbocycles. The highest BCUT2D eigenvalue weighted by Crippen LogP contribution is 2.41. The Kier molecular flexibility index (Phi) is 7.39. The molecule has 4 nitrogen and oxygen atoms in total. The summed E-state index contributed by atoms with van der Waals surface area (Å²) in [5, 5.41) is 3.81. The Bertz CT molecular complexity index is 1900. The minimum absolute atomic E-state index is 0.204. The van der Waals surface area contributed by atoms with Gasteiger partial charge in [0.1, 0.15) is 33.2 Å². The molecule has 7 heteroatoms. The van der Waals surface area contributed by atoms with Crippen LogP contribution in [0.1, 0.15) is 5.56 Å². The largest absolute Gasteiger partial charge is 0.366 e. The Balaban J connectivity index is 1.35. The maximum atomic E-state index is 14.6. The van der Waals surface area contributed by atoms with Gasteiger partial charge in [-0.05, 0) is 47.2 Å². The van der Waals surface area contributed by atoms with Gasteiger partial charge >= 0.3 is 0 Å². The third kappa shape index (κ3) is 5.51. The van der Waals surface area contributed by atoms with Gasteiger partial charge in [-0.2, -0.15) is 0 Å². The SMILES string of the molecule is Fc1ccc(-c2nc(-c3ccccc3)c(N=C(c3cccc4ccccc34)N3CCN(c4ccccc4F)CC3)s2)cc1. The van der Waals surface area contributed by atoms with Crippen LogP contribution in [0.25, 0.3) is 32.6 Å². The van der Waals surface area contributed by atoms with E-state index in [0.29, 0.717) is 31.9 Å². The molecule has 1 fully saturated rings. The van der Waals surface area contributed by atoms with Gasteiger partial charge in [-0.1, -0.05) is 96.3 Å². The lowest BCUT2D eigenvalue weighted by Crippen LogP contribution is -2.49. The average Bonchev–Trinajstić information content (AvgIpc) is 3.48. The number of thiazole rings is 1. The van der Waals surface area contributed by atoms with Crippen molar-refractivity contribution in [1.82, 2.24) is 9.88 Å². The number of rotatable bonds is 5. The number of nitrogens with zero attached hydrogens (tertiary/aromatic N) is 4. The van der Waals surface area contributed by atoms with E-state index in [0.717, 1.165) is 49.0 Å². The first-order chi connectivity index (χ1) is 21.1. The lowest BCUT2D eigenvalue weighted by molar-refractivity contribution is 0.384. The number of amidine groups is 1. The highest BCUT2D eigenvalue weighted by molar-refractivity contribution is 7.19. The molecule has 5 aromatic carbocycles. The number of piperazine rings is 1. The zero-order valence-electron chi connectivity index (χ0n) is 23.3. The van der Waals surface area contributed by atoms with Crippen LogP contribution in [0.5, 0.6) is 0 Å². The van der Waals surface area contributed by atoms with Gasteiger partial charge in [-0.15, -0.1) is 0 Å². The fourth-order valence-electron chi connectivity index (χ4n) is 5.57. The van der Waals surface area contributed by atoms with Crippen molar-refractivity contribution in [3.63, 3.8) is 0 Å². The molecule has 2 heterocycles. The average molecular weight is 587 g/mol. The Labute approximate surface area is 253 Å². The highest BCUT2D eigenvalue weighted by Gasteiger charge is 2.25. The number of aromatic nitrogens is 1. The first kappa shape index (κ1) is 27.0. The van der Waals surface area contributed by atoms with E-state index in [-0.39, 0.29) is 11.6 Å². The lowest BCUT2D eigenvalue weighted by Gasteiger charge is -2.38. The first-order valence-electron chi connectivity index (χ1n) is 14.3. The molecular formula is C36H28F2N4S. The van der Waals surface area contributed by atoms with Crippen LogP contribution < -0.4 is 4.90 Å². The molecular weight excluding hydrogens is 558 g/mol. The topological polar surface area (TPSA) is 31.7 Å². The number of para-hydroxylation sites is 1. The number of hydrogen-bond acceptors (Lipinski definition) is 4. The number of aliphatic imine (C=N–C) groups is 1. The van der Waals surface area contributed by atoms with Crippen molar-refractivity contribution in [2.45, 2.75) is 0 Å². The van der Waals surface area contributed by atoms with E-state index >= 15 is 0 Å². The van der Waals surface area contributed by atoms with E-state index in [2.05, 4.69) is 40.1 Å². The van der Waals surface area contributed by atoms with Crippen LogP contribution in [-0.4, -0.2) is 41.9 Å². The molecule has 1 aliphatic heterocycles. The summed E-state index contributed by atoms with van der Waals surface area (Å²) in [5.74, 6) is 0.371. The number of fused-ring (bicyclic) bond motifs is 1. The quantitative estimate of drug-likeness (QED) is 0.149. The van der Waals surface area contributed by atoms with Crippen LogP contribution >= 0.6 is 11.3 Å². The monoisotopic (exact) mass is 586 g/mol. The normalized spacial score (nSPS) is 14.0. The molecule has 0 N–H and O–H groups in total. The summed E-state index contributed by atoms with van der Waals surface area (Å²) in [4.78, 5) is 14.8. The summed E-state index contributed by atoms with van der Waals surface area (Å²) in [6, 6.07) is 38.0. The van der Waals surface area contributed by atoms with Crippen LogP contribution in [-0.2, 0) is 0 Å². The van der Waals surface area contributed by atoms with Crippen molar-refractivity contribution >= 4 is 38.6 Å². The number of benzene rings is 5. The maximum Gasteiger partial charge on any atom is 0.146 e. The van der Waals surface area contributed by atoms with Crippen LogP contribution in [0.4, 0.5) is 19.5 Å². The molecule has 0 spiro atoms. The number of hydrogen-bond donors (Lipinski definition) is 0. The van der Waals surface area contributed by atoms with Crippen molar-refractivity contribution in [3.05, 3.63) is 139 Å². The van der Waals surface area contributed by atoms with Gasteiger partial charge < -0.3 is 9.80 Å². The molecule has 0 bridgehead atoms. The molecule has 0 atom stereocenters. The van der Waals surface area contributed by atoms with Crippen molar-refractivity contribution in [3.8, 4) is 21.8 Å². The third-order valence-corrected chi connectivity index (χ3v) is 8.76. The van der Waals surface area contributed by atoms with Crippen molar-refractivity contribution in [2.75, 3.05) is 31.1 Å². The summed E-state index contributed by atoms with van der Waals surface area (Å²) < 4.78 is 28.4. The van der Waals surface area contributed by atoms with E-state index in [9.17, 15) is 8.78 Å². The molecule has 43 heavy (non-hydrogen) atoms. The molecule has 0 amide bonds. The zero-order chi connectivity index (χ0) is 29.2. The Morgan fingerprint density at radius 3 is 2.16 bits per heavy atom. The fraction of sp³-hybridized carbons (Fsp3) is 0.111. The summed E-state index contributed by atoms with van der Waals surface area (Å²) >= 11 is 1.50. The van der Waals surface area contributed by atoms with Crippen LogP contribution in [0.3, 0.4) is 0 Å².